The third-order valence-corrected chi connectivity index (χ3v) is 5.54. The first-order valence-electron chi connectivity index (χ1n) is 8.04. The second kappa shape index (κ2) is 7.52. The summed E-state index contributed by atoms with van der Waals surface area (Å²) in [6.45, 7) is 5.68. The van der Waals surface area contributed by atoms with E-state index in [0.717, 1.165) is 37.3 Å². The molecule has 0 aromatic carbocycles. The summed E-state index contributed by atoms with van der Waals surface area (Å²) in [4.78, 5) is 4.46. The quantitative estimate of drug-likeness (QED) is 0.850. The van der Waals surface area contributed by atoms with Crippen LogP contribution in [0.2, 0.25) is 0 Å². The zero-order valence-corrected chi connectivity index (χ0v) is 14.6. The smallest absolute Gasteiger partial charge is 0.253 e. The summed E-state index contributed by atoms with van der Waals surface area (Å²) in [7, 11) is -1.53. The van der Waals surface area contributed by atoms with Crippen molar-refractivity contribution in [1.82, 2.24) is 23.8 Å². The highest BCUT2D eigenvalue weighted by Crippen LogP contribution is 2.13. The van der Waals surface area contributed by atoms with Crippen molar-refractivity contribution >= 4 is 10.2 Å². The fraction of sp³-hybridized carbons (Fsp3) is 0.857. The molecule has 0 radical (unpaired) electrons. The van der Waals surface area contributed by atoms with Crippen molar-refractivity contribution in [3.05, 3.63) is 11.6 Å². The standard InChI is InChI=1S/C14H27N5O2S/c1-12(2)14-16-13(18(3)17-14)8-9-15-22(20,21)19-10-6-4-5-7-11-19/h12,15H,4-11H2,1-3H3. The molecule has 1 saturated heterocycles. The number of nitrogens with one attached hydrogen (secondary N) is 1. The minimum atomic E-state index is -3.37. The van der Waals surface area contributed by atoms with Crippen LogP contribution >= 0.6 is 0 Å². The summed E-state index contributed by atoms with van der Waals surface area (Å²) >= 11 is 0. The molecule has 126 valence electrons. The Morgan fingerprint density at radius 3 is 2.36 bits per heavy atom. The Morgan fingerprint density at radius 1 is 1.18 bits per heavy atom. The van der Waals surface area contributed by atoms with Crippen molar-refractivity contribution in [2.75, 3.05) is 19.6 Å². The molecule has 1 fully saturated rings. The van der Waals surface area contributed by atoms with Crippen LogP contribution in [0.1, 0.15) is 57.1 Å². The fourth-order valence-corrected chi connectivity index (χ4v) is 3.85. The molecule has 0 bridgehead atoms. The van der Waals surface area contributed by atoms with E-state index in [1.54, 1.807) is 8.99 Å². The van der Waals surface area contributed by atoms with Gasteiger partial charge in [0.05, 0.1) is 0 Å². The summed E-state index contributed by atoms with van der Waals surface area (Å²) in [6.07, 6.45) is 4.67. The van der Waals surface area contributed by atoms with Gasteiger partial charge in [-0.3, -0.25) is 4.68 Å². The first-order chi connectivity index (χ1) is 10.4. The van der Waals surface area contributed by atoms with Gasteiger partial charge in [0.2, 0.25) is 0 Å². The molecule has 0 amide bonds. The Balaban J connectivity index is 1.89. The first-order valence-corrected chi connectivity index (χ1v) is 9.48. The van der Waals surface area contributed by atoms with Crippen molar-refractivity contribution < 1.29 is 8.42 Å². The lowest BCUT2D eigenvalue weighted by atomic mass is 10.2. The van der Waals surface area contributed by atoms with E-state index in [2.05, 4.69) is 14.8 Å². The molecule has 1 aromatic heterocycles. The molecule has 8 heteroatoms. The van der Waals surface area contributed by atoms with Crippen LogP contribution in [0.4, 0.5) is 0 Å². The number of aryl methyl sites for hydroxylation is 1. The lowest BCUT2D eigenvalue weighted by Crippen LogP contribution is -2.42. The van der Waals surface area contributed by atoms with Crippen molar-refractivity contribution in [3.8, 4) is 0 Å². The number of rotatable bonds is 6. The van der Waals surface area contributed by atoms with Crippen molar-refractivity contribution in [2.24, 2.45) is 7.05 Å². The summed E-state index contributed by atoms with van der Waals surface area (Å²) in [5.74, 6) is 1.88. The highest BCUT2D eigenvalue weighted by Gasteiger charge is 2.22. The summed E-state index contributed by atoms with van der Waals surface area (Å²) in [5, 5.41) is 4.35. The van der Waals surface area contributed by atoms with E-state index in [1.165, 1.54) is 0 Å². The van der Waals surface area contributed by atoms with Gasteiger partial charge < -0.3 is 0 Å². The number of nitrogens with zero attached hydrogens (tertiary/aromatic N) is 4. The molecule has 0 atom stereocenters. The predicted molar refractivity (Wildman–Crippen MR) is 85.8 cm³/mol. The molecular weight excluding hydrogens is 302 g/mol. The summed E-state index contributed by atoms with van der Waals surface area (Å²) in [5.41, 5.74) is 0. The van der Waals surface area contributed by atoms with Gasteiger partial charge in [-0.25, -0.2) is 9.71 Å². The van der Waals surface area contributed by atoms with E-state index in [1.807, 2.05) is 20.9 Å². The SMILES string of the molecule is CC(C)c1nc(CCNS(=O)(=O)N2CCCCCC2)n(C)n1. The van der Waals surface area contributed by atoms with Crippen LogP contribution in [-0.2, 0) is 23.7 Å². The Bertz CT molecular complexity index is 574. The van der Waals surface area contributed by atoms with Crippen LogP contribution in [0.25, 0.3) is 0 Å². The van der Waals surface area contributed by atoms with Crippen LogP contribution in [0.3, 0.4) is 0 Å². The zero-order valence-electron chi connectivity index (χ0n) is 13.7. The van der Waals surface area contributed by atoms with Gasteiger partial charge in [-0.15, -0.1) is 0 Å². The highest BCUT2D eigenvalue weighted by molar-refractivity contribution is 7.87. The molecule has 1 N–H and O–H groups in total. The van der Waals surface area contributed by atoms with Crippen LogP contribution in [0.5, 0.6) is 0 Å². The minimum Gasteiger partial charge on any atom is -0.253 e. The van der Waals surface area contributed by atoms with E-state index in [9.17, 15) is 8.42 Å². The maximum atomic E-state index is 12.3. The second-order valence-electron chi connectivity index (χ2n) is 6.13. The summed E-state index contributed by atoms with van der Waals surface area (Å²) in [6, 6.07) is 0. The molecule has 0 unspecified atom stereocenters. The lowest BCUT2D eigenvalue weighted by molar-refractivity contribution is 0.415. The molecule has 1 aliphatic rings. The van der Waals surface area contributed by atoms with Gasteiger partial charge in [-0.05, 0) is 12.8 Å². The Kier molecular flexibility index (Phi) is 5.94. The molecule has 2 rings (SSSR count). The second-order valence-corrected chi connectivity index (χ2v) is 7.88. The number of aromatic nitrogens is 3. The van der Waals surface area contributed by atoms with Crippen LogP contribution in [0.15, 0.2) is 0 Å². The largest absolute Gasteiger partial charge is 0.279 e. The number of hydrogen-bond donors (Lipinski definition) is 1. The van der Waals surface area contributed by atoms with Gasteiger partial charge in [-0.2, -0.15) is 17.8 Å². The maximum Gasteiger partial charge on any atom is 0.279 e. The van der Waals surface area contributed by atoms with Gasteiger partial charge in [0.1, 0.15) is 5.82 Å². The first kappa shape index (κ1) is 17.4. The topological polar surface area (TPSA) is 80.1 Å². The third-order valence-electron chi connectivity index (χ3n) is 3.92. The minimum absolute atomic E-state index is 0.272. The third kappa shape index (κ3) is 4.50. The van der Waals surface area contributed by atoms with Crippen LogP contribution in [0, 0.1) is 0 Å². The van der Waals surface area contributed by atoms with Gasteiger partial charge in [-0.1, -0.05) is 26.7 Å². The predicted octanol–water partition coefficient (Wildman–Crippen LogP) is 1.19. The molecule has 0 saturated carbocycles. The van der Waals surface area contributed by atoms with Gasteiger partial charge in [0, 0.05) is 39.0 Å². The normalized spacial score (nSPS) is 17.8. The maximum absolute atomic E-state index is 12.3. The van der Waals surface area contributed by atoms with Crippen LogP contribution < -0.4 is 4.72 Å². The van der Waals surface area contributed by atoms with Crippen molar-refractivity contribution in [1.29, 1.82) is 0 Å². The molecular formula is C14H27N5O2S. The molecule has 7 nitrogen and oxygen atoms in total. The Morgan fingerprint density at radius 2 is 1.82 bits per heavy atom. The highest BCUT2D eigenvalue weighted by atomic mass is 32.2. The molecule has 0 aliphatic carbocycles. The average Bonchev–Trinajstić information content (AvgIpc) is 2.67. The van der Waals surface area contributed by atoms with Gasteiger partial charge in [0.25, 0.3) is 10.2 Å². The lowest BCUT2D eigenvalue weighted by Gasteiger charge is -2.20. The molecule has 1 aliphatic heterocycles. The van der Waals surface area contributed by atoms with E-state index >= 15 is 0 Å². The fourth-order valence-electron chi connectivity index (χ4n) is 2.57. The van der Waals surface area contributed by atoms with E-state index in [4.69, 9.17) is 0 Å². The molecule has 1 aromatic rings. The van der Waals surface area contributed by atoms with Gasteiger partial charge >= 0.3 is 0 Å². The monoisotopic (exact) mass is 329 g/mol. The average molecular weight is 329 g/mol. The van der Waals surface area contributed by atoms with E-state index < -0.39 is 10.2 Å². The van der Waals surface area contributed by atoms with E-state index in [0.29, 0.717) is 26.1 Å². The Hall–Kier alpha value is -0.990. The zero-order chi connectivity index (χ0) is 16.2. The molecule has 2 heterocycles. The van der Waals surface area contributed by atoms with Gasteiger partial charge in [0.15, 0.2) is 5.82 Å². The Labute approximate surface area is 133 Å². The van der Waals surface area contributed by atoms with Crippen LogP contribution in [-0.4, -0.2) is 47.1 Å². The molecule has 0 spiro atoms. The van der Waals surface area contributed by atoms with E-state index in [-0.39, 0.29) is 5.92 Å². The van der Waals surface area contributed by atoms with Crippen molar-refractivity contribution in [2.45, 2.75) is 51.9 Å². The summed E-state index contributed by atoms with van der Waals surface area (Å²) < 4.78 is 30.6. The van der Waals surface area contributed by atoms with Crippen molar-refractivity contribution in [3.63, 3.8) is 0 Å². The number of hydrogen-bond acceptors (Lipinski definition) is 4. The molecule has 22 heavy (non-hydrogen) atoms.